The summed E-state index contributed by atoms with van der Waals surface area (Å²) in [5.74, 6) is 0.0944. The van der Waals surface area contributed by atoms with E-state index in [0.717, 1.165) is 0 Å². The Labute approximate surface area is 146 Å². The van der Waals surface area contributed by atoms with Crippen molar-refractivity contribution < 1.29 is 20.6 Å². The summed E-state index contributed by atoms with van der Waals surface area (Å²) in [6.07, 6.45) is 3.01. The van der Waals surface area contributed by atoms with Gasteiger partial charge in [-0.25, -0.2) is 15.2 Å². The van der Waals surface area contributed by atoms with Crippen LogP contribution in [0.4, 0.5) is 5.69 Å². The van der Waals surface area contributed by atoms with Crippen LogP contribution in [0.1, 0.15) is 39.1 Å². The van der Waals surface area contributed by atoms with Gasteiger partial charge in [-0.1, -0.05) is 27.7 Å². The fraction of sp³-hybridized carbons (Fsp3) is 0.333. The normalized spacial score (nSPS) is 14.6. The molecule has 1 aromatic carbocycles. The van der Waals surface area contributed by atoms with Crippen molar-refractivity contribution in [2.45, 2.75) is 27.7 Å². The van der Waals surface area contributed by atoms with Gasteiger partial charge in [0, 0.05) is 36.1 Å². The lowest BCUT2D eigenvalue weighted by Gasteiger charge is -2.12. The van der Waals surface area contributed by atoms with Crippen LogP contribution >= 0.6 is 0 Å². The van der Waals surface area contributed by atoms with Gasteiger partial charge < -0.3 is 15.4 Å². The number of allylic oxidation sites excluding steroid dienone is 2. The van der Waals surface area contributed by atoms with Crippen molar-refractivity contribution in [2.24, 2.45) is 11.8 Å². The molecule has 0 spiro atoms. The van der Waals surface area contributed by atoms with Crippen LogP contribution in [0.5, 0.6) is 0 Å². The number of hydrogen-bond acceptors (Lipinski definition) is 6. The summed E-state index contributed by atoms with van der Waals surface area (Å²) < 4.78 is 0. The van der Waals surface area contributed by atoms with Crippen molar-refractivity contribution in [3.63, 3.8) is 0 Å². The third-order valence-electron chi connectivity index (χ3n) is 3.72. The summed E-state index contributed by atoms with van der Waals surface area (Å²) in [7, 11) is 0. The van der Waals surface area contributed by atoms with E-state index in [4.69, 9.17) is 5.21 Å². The van der Waals surface area contributed by atoms with Crippen molar-refractivity contribution in [3.8, 4) is 0 Å². The third-order valence-corrected chi connectivity index (χ3v) is 3.72. The summed E-state index contributed by atoms with van der Waals surface area (Å²) in [6, 6.07) is 4.46. The Hall–Kier alpha value is -2.48. The first kappa shape index (κ1) is 18.9. The van der Waals surface area contributed by atoms with Gasteiger partial charge in [0.15, 0.2) is 5.69 Å². The second-order valence-corrected chi connectivity index (χ2v) is 6.45. The van der Waals surface area contributed by atoms with Crippen molar-refractivity contribution in [2.75, 3.05) is 0 Å². The zero-order valence-electron chi connectivity index (χ0n) is 14.7. The Morgan fingerprint density at radius 1 is 0.960 bits per heavy atom. The Kier molecular flexibility index (Phi) is 5.73. The Balaban J connectivity index is 2.69. The van der Waals surface area contributed by atoms with Crippen molar-refractivity contribution in [1.29, 1.82) is 0 Å². The summed E-state index contributed by atoms with van der Waals surface area (Å²) in [5, 5.41) is 39.4. The van der Waals surface area contributed by atoms with Crippen LogP contribution in [-0.2, 0) is 0 Å². The minimum absolute atomic E-state index is 0.0811. The second kappa shape index (κ2) is 7.60. The molecule has 2 aromatic rings. The molecule has 0 saturated heterocycles. The number of nitrogens with one attached hydrogen (secondary N) is 1. The van der Waals surface area contributed by atoms with Crippen LogP contribution in [0, 0.1) is 17.0 Å². The smallest absolute Gasteiger partial charge is 0.166 e. The van der Waals surface area contributed by atoms with Gasteiger partial charge in [-0.05, 0) is 6.07 Å². The molecule has 134 valence electrons. The van der Waals surface area contributed by atoms with E-state index < -0.39 is 5.23 Å². The maximum absolute atomic E-state index is 11.1. The maximum atomic E-state index is 11.1. The van der Waals surface area contributed by atoms with E-state index in [1.54, 1.807) is 6.07 Å². The molecule has 4 N–H and O–H groups in total. The first-order valence-corrected chi connectivity index (χ1v) is 8.05. The average Bonchev–Trinajstić information content (AvgIpc) is 2.54. The predicted molar refractivity (Wildman–Crippen MR) is 96.2 cm³/mol. The van der Waals surface area contributed by atoms with Crippen LogP contribution in [0.15, 0.2) is 29.7 Å². The van der Waals surface area contributed by atoms with E-state index in [9.17, 15) is 15.4 Å². The highest BCUT2D eigenvalue weighted by Crippen LogP contribution is 2.22. The van der Waals surface area contributed by atoms with Crippen molar-refractivity contribution in [3.05, 3.63) is 46.3 Å². The molecule has 0 radical (unpaired) electrons. The Morgan fingerprint density at radius 3 is 1.88 bits per heavy atom. The SMILES string of the molecule is CC(C)C(O)=Cc1nc2ccc([NH+]([O-])O)cc2nc1C=C(O)C(C)C. The van der Waals surface area contributed by atoms with Gasteiger partial charge in [-0.2, -0.15) is 5.23 Å². The lowest BCUT2D eigenvalue weighted by atomic mass is 10.1. The molecule has 0 fully saturated rings. The Bertz CT molecular complexity index is 826. The zero-order chi connectivity index (χ0) is 18.7. The molecule has 0 bridgehead atoms. The molecule has 1 atom stereocenters. The number of benzene rings is 1. The second-order valence-electron chi connectivity index (χ2n) is 6.45. The molecule has 0 aliphatic heterocycles. The summed E-state index contributed by atoms with van der Waals surface area (Å²) in [4.78, 5) is 8.90. The number of rotatable bonds is 5. The van der Waals surface area contributed by atoms with Crippen LogP contribution in [-0.4, -0.2) is 25.4 Å². The van der Waals surface area contributed by atoms with Crippen LogP contribution in [0.3, 0.4) is 0 Å². The molecule has 7 heteroatoms. The van der Waals surface area contributed by atoms with Gasteiger partial charge in [0.2, 0.25) is 0 Å². The number of quaternary nitrogens is 1. The number of fused-ring (bicyclic) bond motifs is 1. The lowest BCUT2D eigenvalue weighted by Crippen LogP contribution is -2.99. The van der Waals surface area contributed by atoms with Crippen molar-refractivity contribution >= 4 is 28.9 Å². The highest BCUT2D eigenvalue weighted by atomic mass is 16.8. The molecule has 0 aliphatic carbocycles. The number of aliphatic hydroxyl groups is 2. The molecule has 0 aliphatic rings. The highest BCUT2D eigenvalue weighted by molar-refractivity contribution is 5.80. The number of aliphatic hydroxyl groups excluding tert-OH is 2. The first-order chi connectivity index (χ1) is 11.7. The van der Waals surface area contributed by atoms with Gasteiger partial charge in [-0.15, -0.1) is 0 Å². The van der Waals surface area contributed by atoms with E-state index in [2.05, 4.69) is 9.97 Å². The van der Waals surface area contributed by atoms with E-state index in [-0.39, 0.29) is 29.0 Å². The summed E-state index contributed by atoms with van der Waals surface area (Å²) in [6.45, 7) is 7.37. The van der Waals surface area contributed by atoms with Gasteiger partial charge in [0.05, 0.1) is 33.9 Å². The standard InChI is InChI=1S/C18H23N3O4/c1-10(2)17(22)8-15-16(9-18(23)11(3)4)20-14-7-12(21(24)25)5-6-13(14)19-15/h5-11,21-24H,1-4H3. The molecular weight excluding hydrogens is 322 g/mol. The molecule has 25 heavy (non-hydrogen) atoms. The summed E-state index contributed by atoms with van der Waals surface area (Å²) >= 11 is 0. The zero-order valence-corrected chi connectivity index (χ0v) is 14.7. The monoisotopic (exact) mass is 345 g/mol. The molecule has 0 amide bonds. The van der Waals surface area contributed by atoms with Gasteiger partial charge >= 0.3 is 0 Å². The maximum Gasteiger partial charge on any atom is 0.166 e. The number of hydrogen-bond donors (Lipinski definition) is 4. The van der Waals surface area contributed by atoms with Gasteiger partial charge in [0.1, 0.15) is 0 Å². The fourth-order valence-electron chi connectivity index (χ4n) is 2.04. The Morgan fingerprint density at radius 2 is 1.44 bits per heavy atom. The van der Waals surface area contributed by atoms with Crippen LogP contribution in [0.2, 0.25) is 0 Å². The molecule has 0 saturated carbocycles. The van der Waals surface area contributed by atoms with Crippen LogP contribution in [0.25, 0.3) is 23.2 Å². The quantitative estimate of drug-likeness (QED) is 0.489. The van der Waals surface area contributed by atoms with E-state index in [1.165, 1.54) is 24.3 Å². The molecule has 7 nitrogen and oxygen atoms in total. The predicted octanol–water partition coefficient (Wildman–Crippen LogP) is 3.14. The third kappa shape index (κ3) is 4.54. The molecule has 1 aromatic heterocycles. The van der Waals surface area contributed by atoms with Crippen molar-refractivity contribution in [1.82, 2.24) is 9.97 Å². The molecule has 2 rings (SSSR count). The van der Waals surface area contributed by atoms with Gasteiger partial charge in [-0.3, -0.25) is 0 Å². The first-order valence-electron chi connectivity index (χ1n) is 8.05. The van der Waals surface area contributed by atoms with E-state index in [0.29, 0.717) is 22.4 Å². The number of aromatic nitrogens is 2. The lowest BCUT2D eigenvalue weighted by molar-refractivity contribution is -0.991. The molecule has 1 heterocycles. The minimum atomic E-state index is -1.05. The molecular formula is C18H23N3O4. The molecule has 1 unspecified atom stereocenters. The minimum Gasteiger partial charge on any atom is -0.595 e. The summed E-state index contributed by atoms with van der Waals surface area (Å²) in [5.41, 5.74) is 1.80. The largest absolute Gasteiger partial charge is 0.595 e. The van der Waals surface area contributed by atoms with Crippen LogP contribution < -0.4 is 5.23 Å². The number of nitrogens with zero attached hydrogens (tertiary/aromatic N) is 2. The fourth-order valence-corrected chi connectivity index (χ4v) is 2.04. The van der Waals surface area contributed by atoms with Gasteiger partial charge in [0.25, 0.3) is 0 Å². The van der Waals surface area contributed by atoms with E-state index in [1.807, 2.05) is 27.7 Å². The average molecular weight is 345 g/mol. The van der Waals surface area contributed by atoms with E-state index >= 15 is 0 Å². The topological polar surface area (TPSA) is 114 Å². The highest BCUT2D eigenvalue weighted by Gasteiger charge is 2.12.